The van der Waals surface area contributed by atoms with Crippen molar-refractivity contribution in [1.29, 1.82) is 0 Å². The molecule has 0 bridgehead atoms. The number of nitrogens with zero attached hydrogens (tertiary/aromatic N) is 3. The van der Waals surface area contributed by atoms with Crippen LogP contribution in [0.25, 0.3) is 16.7 Å². The second-order valence-corrected chi connectivity index (χ2v) is 7.66. The summed E-state index contributed by atoms with van der Waals surface area (Å²) in [5.74, 6) is -0.446. The highest BCUT2D eigenvalue weighted by molar-refractivity contribution is 5.95. The zero-order valence-corrected chi connectivity index (χ0v) is 16.7. The maximum Gasteiger partial charge on any atom is 0.248 e. The number of nitrogens with one attached hydrogen (secondary N) is 1. The molecule has 0 atom stereocenters. The zero-order valence-electron chi connectivity index (χ0n) is 16.7. The maximum absolute atomic E-state index is 12.5. The molecule has 0 spiro atoms. The van der Waals surface area contributed by atoms with Crippen LogP contribution >= 0.6 is 0 Å². The number of benzene rings is 3. The van der Waals surface area contributed by atoms with Crippen molar-refractivity contribution < 1.29 is 9.59 Å². The molecule has 0 unspecified atom stereocenters. The number of imidazole rings is 1. The Kier molecular flexibility index (Phi) is 4.63. The van der Waals surface area contributed by atoms with E-state index in [2.05, 4.69) is 21.3 Å². The van der Waals surface area contributed by atoms with Crippen LogP contribution in [0.3, 0.4) is 0 Å². The summed E-state index contributed by atoms with van der Waals surface area (Å²) in [6.45, 7) is 1.34. The third-order valence-corrected chi connectivity index (χ3v) is 5.62. The van der Waals surface area contributed by atoms with Gasteiger partial charge in [-0.2, -0.15) is 0 Å². The topological polar surface area (TPSA) is 93.2 Å². The molecule has 0 radical (unpaired) electrons. The second-order valence-electron chi connectivity index (χ2n) is 7.66. The summed E-state index contributed by atoms with van der Waals surface area (Å²) in [6.07, 6.45) is 1.76. The predicted molar refractivity (Wildman–Crippen MR) is 120 cm³/mol. The molecule has 1 saturated heterocycles. The van der Waals surface area contributed by atoms with Crippen LogP contribution in [0.15, 0.2) is 79.1 Å². The number of aromatic nitrogens is 2. The maximum atomic E-state index is 12.5. The molecule has 5 rings (SSSR count). The molecule has 1 aliphatic heterocycles. The number of carbonyl (C=O) groups is 2. The SMILES string of the molecule is NC(=O)c1ccc(-n2cnc3ccc(N4CC(C(=O)Nc5ccccc5)C4)cc32)cc1. The highest BCUT2D eigenvalue weighted by atomic mass is 16.2. The van der Waals surface area contributed by atoms with Crippen molar-refractivity contribution in [3.8, 4) is 5.69 Å². The number of amides is 2. The van der Waals surface area contributed by atoms with Gasteiger partial charge in [0.1, 0.15) is 6.33 Å². The summed E-state index contributed by atoms with van der Waals surface area (Å²) in [7, 11) is 0. The fourth-order valence-corrected chi connectivity index (χ4v) is 3.81. The average Bonchev–Trinajstić information content (AvgIpc) is 3.17. The molecule has 7 heteroatoms. The smallest absolute Gasteiger partial charge is 0.248 e. The van der Waals surface area contributed by atoms with Gasteiger partial charge in [0.15, 0.2) is 0 Å². The van der Waals surface area contributed by atoms with Crippen molar-refractivity contribution in [3.63, 3.8) is 0 Å². The molecular formula is C24H21N5O2. The van der Waals surface area contributed by atoms with Gasteiger partial charge in [0, 0.05) is 35.7 Å². The highest BCUT2D eigenvalue weighted by Crippen LogP contribution is 2.29. The van der Waals surface area contributed by atoms with E-state index in [1.807, 2.05) is 59.2 Å². The van der Waals surface area contributed by atoms with Crippen LogP contribution in [0.4, 0.5) is 11.4 Å². The van der Waals surface area contributed by atoms with E-state index in [1.54, 1.807) is 18.5 Å². The Morgan fingerprint density at radius 3 is 2.35 bits per heavy atom. The number of nitrogens with two attached hydrogens (primary N) is 1. The fourth-order valence-electron chi connectivity index (χ4n) is 3.81. The Bertz CT molecular complexity index is 1260. The number of hydrogen-bond acceptors (Lipinski definition) is 4. The number of hydrogen-bond donors (Lipinski definition) is 2. The van der Waals surface area contributed by atoms with Crippen molar-refractivity contribution in [2.75, 3.05) is 23.3 Å². The van der Waals surface area contributed by atoms with Gasteiger partial charge in [-0.3, -0.25) is 14.2 Å². The minimum atomic E-state index is -0.451. The molecule has 1 aliphatic rings. The summed E-state index contributed by atoms with van der Waals surface area (Å²) in [5.41, 5.74) is 10.4. The first kappa shape index (κ1) is 18.9. The average molecular weight is 411 g/mol. The standard InChI is InChI=1S/C24H21N5O2/c25-23(30)16-6-8-19(9-7-16)29-15-26-21-11-10-20(12-22(21)29)28-13-17(14-28)24(31)27-18-4-2-1-3-5-18/h1-12,15,17H,13-14H2,(H2,25,30)(H,27,31). The molecule has 2 heterocycles. The number of fused-ring (bicyclic) bond motifs is 1. The lowest BCUT2D eigenvalue weighted by atomic mass is 9.98. The lowest BCUT2D eigenvalue weighted by Gasteiger charge is -2.40. The van der Waals surface area contributed by atoms with Crippen LogP contribution in [0.2, 0.25) is 0 Å². The van der Waals surface area contributed by atoms with E-state index < -0.39 is 5.91 Å². The minimum absolute atomic E-state index is 0.0397. The third kappa shape index (κ3) is 3.61. The van der Waals surface area contributed by atoms with Gasteiger partial charge >= 0.3 is 0 Å². The summed E-state index contributed by atoms with van der Waals surface area (Å²) in [6, 6.07) is 22.7. The number of primary amides is 1. The largest absolute Gasteiger partial charge is 0.370 e. The molecule has 1 fully saturated rings. The molecule has 4 aromatic rings. The van der Waals surface area contributed by atoms with Gasteiger partial charge in [0.25, 0.3) is 0 Å². The second kappa shape index (κ2) is 7.60. The number of anilines is 2. The Balaban J connectivity index is 1.32. The number of carbonyl (C=O) groups excluding carboxylic acids is 2. The van der Waals surface area contributed by atoms with Gasteiger partial charge in [-0.25, -0.2) is 4.98 Å². The van der Waals surface area contributed by atoms with E-state index in [9.17, 15) is 9.59 Å². The van der Waals surface area contributed by atoms with E-state index in [-0.39, 0.29) is 11.8 Å². The summed E-state index contributed by atoms with van der Waals surface area (Å²) in [4.78, 5) is 30.4. The van der Waals surface area contributed by atoms with Crippen molar-refractivity contribution in [2.45, 2.75) is 0 Å². The van der Waals surface area contributed by atoms with Gasteiger partial charge in [0.05, 0.1) is 17.0 Å². The molecule has 3 aromatic carbocycles. The molecule has 2 amide bonds. The van der Waals surface area contributed by atoms with Crippen LogP contribution < -0.4 is 16.0 Å². The van der Waals surface area contributed by atoms with E-state index in [4.69, 9.17) is 5.73 Å². The first-order valence-corrected chi connectivity index (χ1v) is 10.1. The first-order valence-electron chi connectivity index (χ1n) is 10.1. The molecule has 0 aliphatic carbocycles. The Labute approximate surface area is 179 Å². The van der Waals surface area contributed by atoms with E-state index in [1.165, 1.54) is 0 Å². The van der Waals surface area contributed by atoms with Crippen LogP contribution in [-0.2, 0) is 4.79 Å². The molecule has 0 saturated carbocycles. The van der Waals surface area contributed by atoms with Gasteiger partial charge < -0.3 is 16.0 Å². The lowest BCUT2D eigenvalue weighted by Crippen LogP contribution is -2.52. The van der Waals surface area contributed by atoms with Crippen LogP contribution in [0, 0.1) is 5.92 Å². The molecule has 3 N–H and O–H groups in total. The van der Waals surface area contributed by atoms with Crippen molar-refractivity contribution in [1.82, 2.24) is 9.55 Å². The van der Waals surface area contributed by atoms with Gasteiger partial charge in [-0.15, -0.1) is 0 Å². The Morgan fingerprint density at radius 2 is 1.65 bits per heavy atom. The van der Waals surface area contributed by atoms with Gasteiger partial charge in [-0.05, 0) is 54.6 Å². The molecule has 1 aromatic heterocycles. The van der Waals surface area contributed by atoms with Crippen LogP contribution in [-0.4, -0.2) is 34.5 Å². The van der Waals surface area contributed by atoms with Gasteiger partial charge in [0.2, 0.25) is 11.8 Å². The summed E-state index contributed by atoms with van der Waals surface area (Å²) >= 11 is 0. The monoisotopic (exact) mass is 411 g/mol. The highest BCUT2D eigenvalue weighted by Gasteiger charge is 2.33. The van der Waals surface area contributed by atoms with E-state index in [0.29, 0.717) is 18.7 Å². The fraction of sp³-hybridized carbons (Fsp3) is 0.125. The van der Waals surface area contributed by atoms with Crippen molar-refractivity contribution in [3.05, 3.63) is 84.7 Å². The lowest BCUT2D eigenvalue weighted by molar-refractivity contribution is -0.120. The van der Waals surface area contributed by atoms with Crippen molar-refractivity contribution in [2.24, 2.45) is 11.7 Å². The quantitative estimate of drug-likeness (QED) is 0.527. The number of rotatable bonds is 5. The van der Waals surface area contributed by atoms with Crippen LogP contribution in [0.5, 0.6) is 0 Å². The molecule has 154 valence electrons. The Hall–Kier alpha value is -4.13. The van der Waals surface area contributed by atoms with E-state index >= 15 is 0 Å². The summed E-state index contributed by atoms with van der Waals surface area (Å²) < 4.78 is 1.98. The first-order chi connectivity index (χ1) is 15.1. The Morgan fingerprint density at radius 1 is 0.935 bits per heavy atom. The predicted octanol–water partition coefficient (Wildman–Crippen LogP) is 3.20. The van der Waals surface area contributed by atoms with E-state index in [0.717, 1.165) is 28.1 Å². The van der Waals surface area contributed by atoms with Crippen molar-refractivity contribution >= 4 is 34.2 Å². The number of para-hydroxylation sites is 1. The van der Waals surface area contributed by atoms with Gasteiger partial charge in [-0.1, -0.05) is 18.2 Å². The third-order valence-electron chi connectivity index (χ3n) is 5.62. The molecule has 7 nitrogen and oxygen atoms in total. The normalized spacial score (nSPS) is 13.7. The zero-order chi connectivity index (χ0) is 21.4. The molecule has 31 heavy (non-hydrogen) atoms. The van der Waals surface area contributed by atoms with Crippen LogP contribution in [0.1, 0.15) is 10.4 Å². The minimum Gasteiger partial charge on any atom is -0.370 e. The molecular weight excluding hydrogens is 390 g/mol. The summed E-state index contributed by atoms with van der Waals surface area (Å²) in [5, 5.41) is 2.97.